The number of aliphatic hydroxyl groups excluding tert-OH is 1. The molecule has 2 rings (SSSR count). The van der Waals surface area contributed by atoms with Gasteiger partial charge in [0.05, 0.1) is 40.7 Å². The fourth-order valence-corrected chi connectivity index (χ4v) is 4.00. The third-order valence-corrected chi connectivity index (χ3v) is 6.33. The maximum absolute atomic E-state index is 11.2. The van der Waals surface area contributed by atoms with E-state index in [9.17, 15) is 24.0 Å². The van der Waals surface area contributed by atoms with E-state index in [0.717, 1.165) is 9.10 Å². The van der Waals surface area contributed by atoms with Crippen LogP contribution in [0, 0.1) is 0 Å². The van der Waals surface area contributed by atoms with Gasteiger partial charge in [0, 0.05) is 27.2 Å². The van der Waals surface area contributed by atoms with Crippen molar-refractivity contribution in [3.05, 3.63) is 34.6 Å². The Morgan fingerprint density at radius 1 is 0.953 bits per heavy atom. The van der Waals surface area contributed by atoms with E-state index < -0.39 is 11.9 Å². The average molecular weight is 649 g/mol. The number of ketones is 2. The maximum atomic E-state index is 11.2. The number of carboxylic acid groups (broad SMARTS) is 2. The van der Waals surface area contributed by atoms with Crippen molar-refractivity contribution in [3.63, 3.8) is 0 Å². The number of allylic oxidation sites excluding steroid dienone is 4. The summed E-state index contributed by atoms with van der Waals surface area (Å²) in [6, 6.07) is 0. The van der Waals surface area contributed by atoms with Crippen LogP contribution in [0.15, 0.2) is 34.6 Å². The molecule has 14 heteroatoms. The molecule has 0 aromatic rings. The van der Waals surface area contributed by atoms with Gasteiger partial charge in [0.15, 0.2) is 11.5 Å². The van der Waals surface area contributed by atoms with Crippen molar-refractivity contribution in [2.24, 2.45) is 0 Å². The molecular weight excluding hydrogens is 596 g/mol. The van der Waals surface area contributed by atoms with Crippen LogP contribution in [-0.2, 0) is 24.0 Å². The standard InChI is InChI=1S/C11H21N3O5.C6H7NO2.C6H6OS2.3C2H6/c1-3-13(7-10(16)17)4-5-14(8-11(18)19)6-9(15)12-2;1-3-5(8)4(7-2)6(3)9;1-2-5-4(7)3-6(8)9-5;3*1-2/h3-8H2,1-2H3,(H,12,15)(H,16,17)(H,18,19);7-8H,1H2,2H3;2H,3H2,1H3;3*1-2H3/b;;5-2-;;;. The number of hydrogen-bond acceptors (Lipinski definition) is 11. The largest absolute Gasteiger partial charge is 0.505 e. The van der Waals surface area contributed by atoms with Gasteiger partial charge in [-0.1, -0.05) is 85.1 Å². The van der Waals surface area contributed by atoms with Gasteiger partial charge in [-0.3, -0.25) is 33.8 Å². The molecule has 0 saturated carbocycles. The predicted octanol–water partition coefficient (Wildman–Crippen LogP) is 3.64. The first-order valence-electron chi connectivity index (χ1n) is 14.1. The van der Waals surface area contributed by atoms with E-state index in [1.54, 1.807) is 11.9 Å². The van der Waals surface area contributed by atoms with Crippen molar-refractivity contribution >= 4 is 57.6 Å². The minimum atomic E-state index is -1.02. The van der Waals surface area contributed by atoms with Crippen molar-refractivity contribution < 1.29 is 39.3 Å². The Balaban J connectivity index is -0.000000264. The molecule has 0 spiro atoms. The Hall–Kier alpha value is -3.07. The minimum absolute atomic E-state index is 0.0116. The lowest BCUT2D eigenvalue weighted by Crippen LogP contribution is -2.43. The Labute approximate surface area is 266 Å². The van der Waals surface area contributed by atoms with Gasteiger partial charge in [0.2, 0.25) is 11.7 Å². The van der Waals surface area contributed by atoms with Crippen LogP contribution < -0.4 is 10.6 Å². The molecule has 248 valence electrons. The van der Waals surface area contributed by atoms with Crippen molar-refractivity contribution in [2.75, 3.05) is 53.4 Å². The molecular formula is C29H52N4O8S2. The second-order valence-corrected chi connectivity index (χ2v) is 9.44. The summed E-state index contributed by atoms with van der Waals surface area (Å²) in [6.45, 7) is 19.9. The summed E-state index contributed by atoms with van der Waals surface area (Å²) in [4.78, 5) is 57.9. The third-order valence-electron chi connectivity index (χ3n) is 4.88. The molecule has 0 aromatic carbocycles. The molecule has 43 heavy (non-hydrogen) atoms. The number of hydrogen-bond donors (Lipinski definition) is 5. The van der Waals surface area contributed by atoms with Crippen LogP contribution in [0.25, 0.3) is 0 Å². The number of carboxylic acids is 2. The van der Waals surface area contributed by atoms with Crippen LogP contribution in [-0.4, -0.2) is 112 Å². The monoisotopic (exact) mass is 648 g/mol. The van der Waals surface area contributed by atoms with Crippen molar-refractivity contribution in [2.45, 2.75) is 61.8 Å². The molecule has 1 amide bonds. The second-order valence-electron chi connectivity index (χ2n) is 7.55. The summed E-state index contributed by atoms with van der Waals surface area (Å²) in [5.74, 6) is -2.27. The molecule has 1 aliphatic carbocycles. The van der Waals surface area contributed by atoms with Crippen molar-refractivity contribution in [3.8, 4) is 0 Å². The molecule has 2 aliphatic rings. The lowest BCUT2D eigenvalue weighted by atomic mass is 9.96. The topological polar surface area (TPSA) is 177 Å². The first-order valence-corrected chi connectivity index (χ1v) is 15.4. The first-order chi connectivity index (χ1) is 20.3. The van der Waals surface area contributed by atoms with E-state index in [1.165, 1.54) is 23.7 Å². The minimum Gasteiger partial charge on any atom is -0.505 e. The van der Waals surface area contributed by atoms with E-state index in [2.05, 4.69) is 17.2 Å². The zero-order valence-corrected chi connectivity index (χ0v) is 29.0. The predicted molar refractivity (Wildman–Crippen MR) is 178 cm³/mol. The quantitative estimate of drug-likeness (QED) is 0.162. The van der Waals surface area contributed by atoms with E-state index in [4.69, 9.17) is 27.5 Å². The van der Waals surface area contributed by atoms with Gasteiger partial charge in [0.25, 0.3) is 0 Å². The van der Waals surface area contributed by atoms with E-state index >= 15 is 0 Å². The number of aliphatic hydroxyl groups is 1. The zero-order chi connectivity index (χ0) is 34.7. The van der Waals surface area contributed by atoms with E-state index in [1.807, 2.05) is 61.5 Å². The molecule has 1 fully saturated rings. The number of thioether (sulfide) groups is 1. The highest BCUT2D eigenvalue weighted by Gasteiger charge is 2.30. The molecule has 12 nitrogen and oxygen atoms in total. The van der Waals surface area contributed by atoms with Gasteiger partial charge in [-0.25, -0.2) is 0 Å². The molecule has 0 radical (unpaired) electrons. The van der Waals surface area contributed by atoms with Gasteiger partial charge < -0.3 is 26.0 Å². The highest BCUT2D eigenvalue weighted by molar-refractivity contribution is 8.27. The van der Waals surface area contributed by atoms with Gasteiger partial charge in [0.1, 0.15) is 5.70 Å². The van der Waals surface area contributed by atoms with Crippen LogP contribution in [0.4, 0.5) is 0 Å². The fourth-order valence-electron chi connectivity index (χ4n) is 2.85. The van der Waals surface area contributed by atoms with Gasteiger partial charge in [-0.05, 0) is 13.5 Å². The van der Waals surface area contributed by atoms with Crippen LogP contribution >= 0.6 is 24.0 Å². The smallest absolute Gasteiger partial charge is 0.317 e. The molecule has 1 aliphatic heterocycles. The van der Waals surface area contributed by atoms with Gasteiger partial charge >= 0.3 is 11.9 Å². The number of nitrogens with one attached hydrogen (secondary N) is 2. The summed E-state index contributed by atoms with van der Waals surface area (Å²) >= 11 is 6.26. The lowest BCUT2D eigenvalue weighted by molar-refractivity contribution is -0.140. The van der Waals surface area contributed by atoms with Gasteiger partial charge in [-0.15, -0.1) is 0 Å². The summed E-state index contributed by atoms with van der Waals surface area (Å²) in [5, 5.41) is 31.3. The summed E-state index contributed by atoms with van der Waals surface area (Å²) in [7, 11) is 3.06. The molecule has 1 heterocycles. The van der Waals surface area contributed by atoms with Crippen LogP contribution in [0.5, 0.6) is 0 Å². The van der Waals surface area contributed by atoms with Crippen molar-refractivity contribution in [1.82, 2.24) is 20.4 Å². The molecule has 0 bridgehead atoms. The third kappa shape index (κ3) is 21.3. The van der Waals surface area contributed by atoms with E-state index in [-0.39, 0.29) is 54.1 Å². The number of rotatable bonds is 11. The van der Waals surface area contributed by atoms with Crippen LogP contribution in [0.1, 0.15) is 61.8 Å². The number of amides is 1. The number of nitrogens with zero attached hydrogens (tertiary/aromatic N) is 2. The molecule has 5 N–H and O–H groups in total. The average Bonchev–Trinajstić information content (AvgIpc) is 3.34. The lowest BCUT2D eigenvalue weighted by Gasteiger charge is -2.24. The summed E-state index contributed by atoms with van der Waals surface area (Å²) in [5.41, 5.74) is 0.458. The normalized spacial score (nSPS) is 13.9. The molecule has 0 unspecified atom stereocenters. The fraction of sp³-hybridized carbons (Fsp3) is 0.586. The maximum Gasteiger partial charge on any atom is 0.317 e. The summed E-state index contributed by atoms with van der Waals surface area (Å²) in [6.07, 6.45) is 2.27. The Morgan fingerprint density at radius 3 is 1.70 bits per heavy atom. The molecule has 1 saturated heterocycles. The zero-order valence-electron chi connectivity index (χ0n) is 27.3. The summed E-state index contributed by atoms with van der Waals surface area (Å²) < 4.78 is 0.799. The van der Waals surface area contributed by atoms with E-state index in [0.29, 0.717) is 26.1 Å². The Morgan fingerprint density at radius 2 is 1.42 bits per heavy atom. The number of carbonyl (C=O) groups excluding carboxylic acids is 3. The number of Topliss-reactive ketones (excluding diaryl/α,β-unsaturated/α-hetero) is 2. The number of carbonyl (C=O) groups is 5. The Kier molecular flexibility index (Phi) is 31.6. The highest BCUT2D eigenvalue weighted by Crippen LogP contribution is 2.29. The SMILES string of the molecule is C/C=C1\SC(=S)CC1=O.C=C1C(=O)C(NC)=C1O.CC.CC.CC.CCN(CCN(CC(=O)O)CC(=O)NC)CC(=O)O. The number of aliphatic carboxylic acids is 2. The second kappa shape index (κ2) is 29.0. The van der Waals surface area contributed by atoms with Crippen molar-refractivity contribution in [1.29, 1.82) is 0 Å². The molecule has 0 aromatic heterocycles. The highest BCUT2D eigenvalue weighted by atomic mass is 32.2. The Bertz CT molecular complexity index is 982. The van der Waals surface area contributed by atoms with Crippen LogP contribution in [0.2, 0.25) is 0 Å². The number of likely N-dealkylation sites (N-methyl/N-ethyl adjacent to an activating group) is 3. The van der Waals surface area contributed by atoms with Gasteiger partial charge in [-0.2, -0.15) is 0 Å². The first kappa shape index (κ1) is 46.9. The van der Waals surface area contributed by atoms with Crippen LogP contribution in [0.3, 0.4) is 0 Å². The number of thiocarbonyl (C=S) groups is 1. The molecule has 0 atom stereocenters.